The van der Waals surface area contributed by atoms with Gasteiger partial charge in [-0.05, 0) is 18.6 Å². The van der Waals surface area contributed by atoms with E-state index in [4.69, 9.17) is 21.1 Å². The maximum absolute atomic E-state index is 6.08. The molecule has 0 radical (unpaired) electrons. The van der Waals surface area contributed by atoms with Crippen LogP contribution in [0.1, 0.15) is 11.1 Å². The molecule has 20 heavy (non-hydrogen) atoms. The van der Waals surface area contributed by atoms with E-state index in [1.165, 1.54) is 6.33 Å². The summed E-state index contributed by atoms with van der Waals surface area (Å²) in [4.78, 5) is 12.2. The number of aryl methyl sites for hydroxylation is 1. The predicted octanol–water partition coefficient (Wildman–Crippen LogP) is 2.46. The van der Waals surface area contributed by atoms with Crippen LogP contribution in [-0.4, -0.2) is 29.2 Å². The number of anilines is 1. The Morgan fingerprint density at radius 3 is 2.35 bits per heavy atom. The fourth-order valence-electron chi connectivity index (χ4n) is 1.80. The Morgan fingerprint density at radius 1 is 1.15 bits per heavy atom. The van der Waals surface area contributed by atoms with Crippen LogP contribution in [0.2, 0.25) is 5.15 Å². The number of pyridine rings is 1. The number of nitrogens with one attached hydrogen (secondary N) is 1. The van der Waals surface area contributed by atoms with Crippen LogP contribution < -0.4 is 14.8 Å². The molecule has 2 rings (SSSR count). The van der Waals surface area contributed by atoms with E-state index in [1.807, 2.05) is 13.0 Å². The van der Waals surface area contributed by atoms with Crippen molar-refractivity contribution in [1.29, 1.82) is 0 Å². The van der Waals surface area contributed by atoms with Crippen molar-refractivity contribution in [2.24, 2.45) is 0 Å². The first kappa shape index (κ1) is 14.3. The second-order valence-corrected chi connectivity index (χ2v) is 4.38. The summed E-state index contributed by atoms with van der Waals surface area (Å²) < 4.78 is 10.4. The lowest BCUT2D eigenvalue weighted by molar-refractivity contribution is 0.363. The van der Waals surface area contributed by atoms with Crippen LogP contribution >= 0.6 is 11.6 Å². The van der Waals surface area contributed by atoms with Gasteiger partial charge in [0.05, 0.1) is 32.0 Å². The minimum absolute atomic E-state index is 0.416. The molecule has 0 fully saturated rings. The SMILES string of the molecule is COc1ncnc(OC)c1CNc1c(C)ccnc1Cl. The van der Waals surface area contributed by atoms with Gasteiger partial charge in [-0.15, -0.1) is 0 Å². The lowest BCUT2D eigenvalue weighted by atomic mass is 10.2. The molecule has 2 aromatic rings. The lowest BCUT2D eigenvalue weighted by Crippen LogP contribution is -2.08. The third kappa shape index (κ3) is 2.91. The van der Waals surface area contributed by atoms with Crippen molar-refractivity contribution in [2.45, 2.75) is 13.5 Å². The minimum Gasteiger partial charge on any atom is -0.481 e. The molecule has 0 aromatic carbocycles. The Morgan fingerprint density at radius 2 is 1.80 bits per heavy atom. The van der Waals surface area contributed by atoms with Gasteiger partial charge in [-0.3, -0.25) is 0 Å². The van der Waals surface area contributed by atoms with Gasteiger partial charge in [0.2, 0.25) is 11.8 Å². The molecular weight excluding hydrogens is 280 g/mol. The summed E-state index contributed by atoms with van der Waals surface area (Å²) in [5, 5.41) is 3.63. The Hall–Kier alpha value is -2.08. The maximum Gasteiger partial charge on any atom is 0.225 e. The quantitative estimate of drug-likeness (QED) is 0.854. The molecule has 2 aromatic heterocycles. The van der Waals surface area contributed by atoms with Crippen LogP contribution in [0.25, 0.3) is 0 Å². The molecule has 6 nitrogen and oxygen atoms in total. The molecule has 0 unspecified atom stereocenters. The van der Waals surface area contributed by atoms with Crippen LogP contribution in [0.5, 0.6) is 11.8 Å². The van der Waals surface area contributed by atoms with Crippen LogP contribution in [0, 0.1) is 6.92 Å². The smallest absolute Gasteiger partial charge is 0.225 e. The van der Waals surface area contributed by atoms with E-state index in [-0.39, 0.29) is 0 Å². The maximum atomic E-state index is 6.08. The average molecular weight is 295 g/mol. The van der Waals surface area contributed by atoms with Gasteiger partial charge < -0.3 is 14.8 Å². The number of hydrogen-bond acceptors (Lipinski definition) is 6. The molecule has 7 heteroatoms. The van der Waals surface area contributed by atoms with Crippen molar-refractivity contribution in [3.63, 3.8) is 0 Å². The van der Waals surface area contributed by atoms with Gasteiger partial charge in [0, 0.05) is 6.20 Å². The summed E-state index contributed by atoms with van der Waals surface area (Å²) in [5.41, 5.74) is 2.48. The molecule has 0 aliphatic heterocycles. The fraction of sp³-hybridized carbons (Fsp3) is 0.308. The molecule has 0 saturated carbocycles. The molecule has 0 atom stereocenters. The zero-order chi connectivity index (χ0) is 14.5. The lowest BCUT2D eigenvalue weighted by Gasteiger charge is -2.14. The molecular formula is C13H15ClN4O2. The number of halogens is 1. The second kappa shape index (κ2) is 6.38. The van der Waals surface area contributed by atoms with E-state index in [0.29, 0.717) is 23.5 Å². The number of methoxy groups -OCH3 is 2. The predicted molar refractivity (Wildman–Crippen MR) is 76.4 cm³/mol. The Labute approximate surface area is 122 Å². The van der Waals surface area contributed by atoms with Crippen LogP contribution in [0.15, 0.2) is 18.6 Å². The van der Waals surface area contributed by atoms with Gasteiger partial charge in [-0.2, -0.15) is 0 Å². The average Bonchev–Trinajstić information content (AvgIpc) is 2.46. The van der Waals surface area contributed by atoms with Gasteiger partial charge in [-0.25, -0.2) is 15.0 Å². The largest absolute Gasteiger partial charge is 0.481 e. The van der Waals surface area contributed by atoms with Crippen molar-refractivity contribution < 1.29 is 9.47 Å². The third-order valence-corrected chi connectivity index (χ3v) is 3.09. The Balaban J connectivity index is 2.27. The van der Waals surface area contributed by atoms with Crippen molar-refractivity contribution in [3.05, 3.63) is 34.9 Å². The van der Waals surface area contributed by atoms with E-state index in [9.17, 15) is 0 Å². The molecule has 0 aliphatic carbocycles. The topological polar surface area (TPSA) is 69.2 Å². The molecule has 106 valence electrons. The molecule has 0 saturated heterocycles. The first-order chi connectivity index (χ1) is 9.67. The normalized spacial score (nSPS) is 10.2. The summed E-state index contributed by atoms with van der Waals surface area (Å²) in [6, 6.07) is 1.88. The minimum atomic E-state index is 0.416. The number of hydrogen-bond donors (Lipinski definition) is 1. The summed E-state index contributed by atoms with van der Waals surface area (Å²) in [5.74, 6) is 0.920. The number of nitrogens with zero attached hydrogens (tertiary/aromatic N) is 3. The van der Waals surface area contributed by atoms with E-state index < -0.39 is 0 Å². The zero-order valence-corrected chi connectivity index (χ0v) is 12.2. The fourth-order valence-corrected chi connectivity index (χ4v) is 2.07. The highest BCUT2D eigenvalue weighted by Gasteiger charge is 2.14. The molecule has 1 N–H and O–H groups in total. The van der Waals surface area contributed by atoms with Gasteiger partial charge in [0.15, 0.2) is 5.15 Å². The van der Waals surface area contributed by atoms with Gasteiger partial charge in [0.25, 0.3) is 0 Å². The highest BCUT2D eigenvalue weighted by molar-refractivity contribution is 6.32. The van der Waals surface area contributed by atoms with Crippen LogP contribution in [-0.2, 0) is 6.54 Å². The summed E-state index contributed by atoms with van der Waals surface area (Å²) in [6.07, 6.45) is 3.05. The summed E-state index contributed by atoms with van der Waals surface area (Å²) in [7, 11) is 3.10. The first-order valence-corrected chi connectivity index (χ1v) is 6.32. The number of aromatic nitrogens is 3. The van der Waals surface area contributed by atoms with Gasteiger partial charge in [0.1, 0.15) is 6.33 Å². The Bertz CT molecular complexity index is 564. The standard InChI is InChI=1S/C13H15ClN4O2/c1-8-4-5-15-11(14)10(8)16-6-9-12(19-2)17-7-18-13(9)20-3/h4-5,7,16H,6H2,1-3H3. The van der Waals surface area contributed by atoms with Crippen LogP contribution in [0.3, 0.4) is 0 Å². The Kier molecular flexibility index (Phi) is 4.57. The van der Waals surface area contributed by atoms with E-state index >= 15 is 0 Å². The zero-order valence-electron chi connectivity index (χ0n) is 11.5. The summed E-state index contributed by atoms with van der Waals surface area (Å²) in [6.45, 7) is 2.37. The van der Waals surface area contributed by atoms with Gasteiger partial charge in [-0.1, -0.05) is 11.6 Å². The molecule has 2 heterocycles. The van der Waals surface area contributed by atoms with Crippen molar-refractivity contribution in [1.82, 2.24) is 15.0 Å². The van der Waals surface area contributed by atoms with Crippen LogP contribution in [0.4, 0.5) is 5.69 Å². The van der Waals surface area contributed by atoms with Crippen molar-refractivity contribution in [3.8, 4) is 11.8 Å². The summed E-state index contributed by atoms with van der Waals surface area (Å²) >= 11 is 6.08. The highest BCUT2D eigenvalue weighted by Crippen LogP contribution is 2.27. The number of rotatable bonds is 5. The van der Waals surface area contributed by atoms with Crippen molar-refractivity contribution in [2.75, 3.05) is 19.5 Å². The highest BCUT2D eigenvalue weighted by atomic mass is 35.5. The van der Waals surface area contributed by atoms with Gasteiger partial charge >= 0.3 is 0 Å². The monoisotopic (exact) mass is 294 g/mol. The third-order valence-electron chi connectivity index (χ3n) is 2.81. The van der Waals surface area contributed by atoms with E-state index in [2.05, 4.69) is 20.3 Å². The number of ether oxygens (including phenoxy) is 2. The molecule has 0 spiro atoms. The molecule has 0 bridgehead atoms. The van der Waals surface area contributed by atoms with E-state index in [0.717, 1.165) is 16.8 Å². The van der Waals surface area contributed by atoms with E-state index in [1.54, 1.807) is 20.4 Å². The molecule has 0 aliphatic rings. The second-order valence-electron chi connectivity index (χ2n) is 4.02. The van der Waals surface area contributed by atoms with Crippen molar-refractivity contribution >= 4 is 17.3 Å². The first-order valence-electron chi connectivity index (χ1n) is 5.94. The molecule has 0 amide bonds.